The van der Waals surface area contributed by atoms with Crippen molar-refractivity contribution in [3.8, 4) is 0 Å². The zero-order valence-corrected chi connectivity index (χ0v) is 13.1. The van der Waals surface area contributed by atoms with E-state index < -0.39 is 0 Å². The molecule has 2 fully saturated rings. The first kappa shape index (κ1) is 14.6. The van der Waals surface area contributed by atoms with Crippen LogP contribution in [0.3, 0.4) is 0 Å². The van der Waals surface area contributed by atoms with Crippen molar-refractivity contribution in [2.75, 3.05) is 63.4 Å². The number of likely N-dealkylation sites (N-methyl/N-ethyl adjacent to an activating group) is 2. The van der Waals surface area contributed by atoms with Crippen molar-refractivity contribution in [3.05, 3.63) is 35.0 Å². The first-order valence-electron chi connectivity index (χ1n) is 7.42. The maximum atomic E-state index is 7.44. The monoisotopic (exact) mass is 296 g/mol. The van der Waals surface area contributed by atoms with Crippen LogP contribution in [0.15, 0.2) is 12.1 Å². The fourth-order valence-corrected chi connectivity index (χ4v) is 3.08. The lowest BCUT2D eigenvalue weighted by Gasteiger charge is -2.25. The Kier molecular flexibility index (Phi) is 3.89. The lowest BCUT2D eigenvalue weighted by Crippen LogP contribution is -2.24. The van der Waals surface area contributed by atoms with Crippen LogP contribution in [0.5, 0.6) is 0 Å². The van der Waals surface area contributed by atoms with Crippen LogP contribution in [0.4, 0.5) is 22.7 Å². The van der Waals surface area contributed by atoms with Gasteiger partial charge in [0.1, 0.15) is 0 Å². The summed E-state index contributed by atoms with van der Waals surface area (Å²) in [4.78, 5) is 16.2. The van der Waals surface area contributed by atoms with Gasteiger partial charge in [-0.25, -0.2) is 9.69 Å². The minimum atomic E-state index is 0.581. The predicted molar refractivity (Wildman–Crippen MR) is 88.7 cm³/mol. The molecule has 0 saturated carbocycles. The second kappa shape index (κ2) is 5.84. The van der Waals surface area contributed by atoms with Gasteiger partial charge in [-0.3, -0.25) is 9.80 Å². The van der Waals surface area contributed by atoms with Crippen LogP contribution in [-0.2, 0) is 0 Å². The largest absolute Gasteiger partial charge is 0.366 e. The van der Waals surface area contributed by atoms with Crippen molar-refractivity contribution in [3.63, 3.8) is 0 Å². The summed E-state index contributed by atoms with van der Waals surface area (Å²) in [5.74, 6) is 0. The van der Waals surface area contributed by atoms with E-state index in [4.69, 9.17) is 13.1 Å². The number of anilines is 2. The minimum absolute atomic E-state index is 0.581. The molecule has 0 bridgehead atoms. The average Bonchev–Trinajstić information content (AvgIpc) is 3.14. The molecule has 0 spiro atoms. The first-order chi connectivity index (χ1) is 10.6. The van der Waals surface area contributed by atoms with Crippen molar-refractivity contribution in [2.24, 2.45) is 0 Å². The Balaban J connectivity index is 2.02. The van der Waals surface area contributed by atoms with Gasteiger partial charge >= 0.3 is 0 Å². The van der Waals surface area contributed by atoms with E-state index in [9.17, 15) is 0 Å². The maximum absolute atomic E-state index is 7.44. The van der Waals surface area contributed by atoms with E-state index >= 15 is 0 Å². The molecule has 1 aromatic carbocycles. The molecule has 0 unspecified atom stereocenters. The summed E-state index contributed by atoms with van der Waals surface area (Å²) in [6.07, 6.45) is 0. The highest BCUT2D eigenvalue weighted by Gasteiger charge is 2.25. The van der Waals surface area contributed by atoms with Crippen molar-refractivity contribution in [1.29, 1.82) is 0 Å². The average molecular weight is 296 g/mol. The van der Waals surface area contributed by atoms with Gasteiger partial charge in [-0.1, -0.05) is 0 Å². The highest BCUT2D eigenvalue weighted by Crippen LogP contribution is 2.41. The van der Waals surface area contributed by atoms with E-state index in [1.54, 1.807) is 6.07 Å². The number of hydrogen-bond donors (Lipinski definition) is 0. The number of nitrogens with zero attached hydrogens (tertiary/aromatic N) is 6. The van der Waals surface area contributed by atoms with E-state index in [-0.39, 0.29) is 0 Å². The molecule has 0 radical (unpaired) electrons. The van der Waals surface area contributed by atoms with Gasteiger partial charge in [0.25, 0.3) is 0 Å². The lowest BCUT2D eigenvalue weighted by molar-refractivity contribution is 0.420. The van der Waals surface area contributed by atoms with Crippen LogP contribution in [0, 0.1) is 13.1 Å². The number of benzene rings is 1. The quantitative estimate of drug-likeness (QED) is 0.780. The first-order valence-corrected chi connectivity index (χ1v) is 7.42. The van der Waals surface area contributed by atoms with E-state index in [1.165, 1.54) is 0 Å². The summed E-state index contributed by atoms with van der Waals surface area (Å²) >= 11 is 0. The molecule has 0 atom stereocenters. The minimum Gasteiger partial charge on any atom is -0.366 e. The van der Waals surface area contributed by atoms with Crippen LogP contribution in [0.2, 0.25) is 0 Å². The Morgan fingerprint density at radius 3 is 1.55 bits per heavy atom. The van der Waals surface area contributed by atoms with Crippen LogP contribution in [0.1, 0.15) is 0 Å². The number of rotatable bonds is 2. The third-order valence-corrected chi connectivity index (χ3v) is 4.32. The van der Waals surface area contributed by atoms with Crippen LogP contribution < -0.4 is 9.80 Å². The third kappa shape index (κ3) is 2.59. The van der Waals surface area contributed by atoms with Gasteiger partial charge in [-0.15, -0.1) is 0 Å². The normalized spacial score (nSPS) is 19.5. The molecule has 2 saturated heterocycles. The second-order valence-electron chi connectivity index (χ2n) is 6.02. The molecule has 0 aromatic heterocycles. The van der Waals surface area contributed by atoms with Crippen LogP contribution >= 0.6 is 0 Å². The summed E-state index contributed by atoms with van der Waals surface area (Å²) in [5, 5.41) is 0. The van der Waals surface area contributed by atoms with Gasteiger partial charge < -0.3 is 9.80 Å². The molecule has 3 rings (SSSR count). The molecule has 6 nitrogen and oxygen atoms in total. The molecule has 0 aliphatic carbocycles. The second-order valence-corrected chi connectivity index (χ2v) is 6.02. The van der Waals surface area contributed by atoms with Gasteiger partial charge in [-0.05, 0) is 26.2 Å². The molecule has 2 aliphatic heterocycles. The topological polar surface area (TPSA) is 21.7 Å². The van der Waals surface area contributed by atoms with Crippen molar-refractivity contribution in [1.82, 2.24) is 9.80 Å². The van der Waals surface area contributed by atoms with Gasteiger partial charge in [0.2, 0.25) is 0 Å². The SMILES string of the molecule is [C-]#[N+]c1cc([N+]#[C-])c(N2CCN(C)C2)cc1N1CCN(C)C1. The fourth-order valence-electron chi connectivity index (χ4n) is 3.08. The highest BCUT2D eigenvalue weighted by atomic mass is 15.4. The molecule has 1 aromatic rings. The Labute approximate surface area is 131 Å². The van der Waals surface area contributed by atoms with Crippen molar-refractivity contribution >= 4 is 22.7 Å². The molecule has 0 N–H and O–H groups in total. The fraction of sp³-hybridized carbons (Fsp3) is 0.500. The molecule has 2 aliphatic rings. The Morgan fingerprint density at radius 2 is 1.23 bits per heavy atom. The molecular formula is C16H20N6. The zero-order chi connectivity index (χ0) is 15.7. The van der Waals surface area contributed by atoms with E-state index in [1.807, 2.05) is 6.07 Å². The maximum Gasteiger partial charge on any atom is 0.199 e. The van der Waals surface area contributed by atoms with Crippen LogP contribution in [-0.4, -0.2) is 63.4 Å². The Hall–Kier alpha value is -2.28. The van der Waals surface area contributed by atoms with Crippen molar-refractivity contribution in [2.45, 2.75) is 0 Å². The zero-order valence-electron chi connectivity index (χ0n) is 13.1. The van der Waals surface area contributed by atoms with E-state index in [0.29, 0.717) is 11.4 Å². The standard InChI is InChI=1S/C16H20N6/c1-17-13-9-14(18-2)16(22-8-6-20(4)12-22)10-15(13)21-7-5-19(3)11-21/h9-10H,5-8,11-12H2,3-4H3. The molecule has 2 heterocycles. The summed E-state index contributed by atoms with van der Waals surface area (Å²) in [6.45, 7) is 20.4. The molecule has 22 heavy (non-hydrogen) atoms. The lowest BCUT2D eigenvalue weighted by atomic mass is 10.1. The van der Waals surface area contributed by atoms with E-state index in [2.05, 4.69) is 43.4 Å². The van der Waals surface area contributed by atoms with Gasteiger partial charge in [0.05, 0.1) is 26.5 Å². The molecular weight excluding hydrogens is 276 g/mol. The Morgan fingerprint density at radius 1 is 0.773 bits per heavy atom. The molecule has 0 amide bonds. The summed E-state index contributed by atoms with van der Waals surface area (Å²) in [5.41, 5.74) is 3.07. The predicted octanol–water partition coefficient (Wildman–Crippen LogP) is 2.21. The van der Waals surface area contributed by atoms with Gasteiger partial charge in [0.15, 0.2) is 11.4 Å². The summed E-state index contributed by atoms with van der Waals surface area (Å²) < 4.78 is 0. The highest BCUT2D eigenvalue weighted by molar-refractivity contribution is 5.86. The molecule has 6 heteroatoms. The smallest absolute Gasteiger partial charge is 0.199 e. The number of hydrogen-bond acceptors (Lipinski definition) is 4. The summed E-state index contributed by atoms with van der Waals surface area (Å²) in [6, 6.07) is 3.79. The Bertz CT molecular complexity index is 603. The van der Waals surface area contributed by atoms with Gasteiger partial charge in [-0.2, -0.15) is 0 Å². The summed E-state index contributed by atoms with van der Waals surface area (Å²) in [7, 11) is 4.17. The van der Waals surface area contributed by atoms with Gasteiger partial charge in [0, 0.05) is 37.6 Å². The molecule has 114 valence electrons. The third-order valence-electron chi connectivity index (χ3n) is 4.32. The van der Waals surface area contributed by atoms with Crippen LogP contribution in [0.25, 0.3) is 9.69 Å². The van der Waals surface area contributed by atoms with E-state index in [0.717, 1.165) is 50.9 Å². The van der Waals surface area contributed by atoms with Crippen molar-refractivity contribution < 1.29 is 0 Å².